The fourth-order valence-corrected chi connectivity index (χ4v) is 2.10. The molecule has 0 aliphatic carbocycles. The van der Waals surface area contributed by atoms with Gasteiger partial charge in [-0.05, 0) is 39.5 Å². The molecule has 1 atom stereocenters. The van der Waals surface area contributed by atoms with E-state index >= 15 is 0 Å². The van der Waals surface area contributed by atoms with Gasteiger partial charge in [-0.3, -0.25) is 0 Å². The van der Waals surface area contributed by atoms with Gasteiger partial charge in [0, 0.05) is 32.3 Å². The molecule has 1 amide bonds. The second kappa shape index (κ2) is 9.26. The lowest BCUT2D eigenvalue weighted by atomic mass is 9.92. The summed E-state index contributed by atoms with van der Waals surface area (Å²) < 4.78 is 10.4. The van der Waals surface area contributed by atoms with Gasteiger partial charge in [-0.15, -0.1) is 0 Å². The number of nitrogens with one attached hydrogen (secondary N) is 2. The maximum atomic E-state index is 11.8. The normalized spacial score (nSPS) is 13.9. The second-order valence-corrected chi connectivity index (χ2v) is 6.78. The van der Waals surface area contributed by atoms with Crippen LogP contribution in [0.2, 0.25) is 0 Å². The highest BCUT2D eigenvalue weighted by Crippen LogP contribution is 2.15. The molecule has 0 aromatic heterocycles. The van der Waals surface area contributed by atoms with Crippen molar-refractivity contribution in [1.29, 1.82) is 0 Å². The molecule has 2 N–H and O–H groups in total. The van der Waals surface area contributed by atoms with Crippen LogP contribution in [-0.4, -0.2) is 44.0 Å². The van der Waals surface area contributed by atoms with Gasteiger partial charge >= 0.3 is 6.09 Å². The van der Waals surface area contributed by atoms with Crippen LogP contribution < -0.4 is 10.6 Å². The zero-order valence-electron chi connectivity index (χ0n) is 14.8. The Morgan fingerprint density at radius 1 is 1.19 bits per heavy atom. The van der Waals surface area contributed by atoms with Crippen molar-refractivity contribution in [2.24, 2.45) is 5.92 Å². The molecule has 0 spiro atoms. The van der Waals surface area contributed by atoms with Crippen LogP contribution in [0.3, 0.4) is 0 Å². The molecule has 0 aliphatic heterocycles. The van der Waals surface area contributed by atoms with E-state index in [9.17, 15) is 4.79 Å². The number of methoxy groups -OCH3 is 1. The van der Waals surface area contributed by atoms with Gasteiger partial charge in [0.25, 0.3) is 0 Å². The zero-order chi connectivity index (χ0) is 16.5. The third kappa shape index (κ3) is 8.94. The van der Waals surface area contributed by atoms with Gasteiger partial charge in [0.15, 0.2) is 0 Å². The van der Waals surface area contributed by atoms with Crippen molar-refractivity contribution >= 4 is 6.09 Å². The van der Waals surface area contributed by atoms with Gasteiger partial charge in [-0.25, -0.2) is 4.79 Å². The van der Waals surface area contributed by atoms with E-state index < -0.39 is 5.60 Å². The Labute approximate surface area is 130 Å². The minimum Gasteiger partial charge on any atom is -0.444 e. The molecular weight excluding hydrogens is 268 g/mol. The molecule has 0 radical (unpaired) electrons. The van der Waals surface area contributed by atoms with Crippen molar-refractivity contribution in [2.75, 3.05) is 26.8 Å². The van der Waals surface area contributed by atoms with Crippen LogP contribution >= 0.6 is 0 Å². The first-order valence-corrected chi connectivity index (χ1v) is 7.89. The number of hydrogen-bond acceptors (Lipinski definition) is 4. The molecule has 0 saturated heterocycles. The van der Waals surface area contributed by atoms with Crippen molar-refractivity contribution in [3.8, 4) is 0 Å². The first kappa shape index (κ1) is 20.2. The Kier molecular flexibility index (Phi) is 8.90. The zero-order valence-corrected chi connectivity index (χ0v) is 14.8. The van der Waals surface area contributed by atoms with Crippen LogP contribution in [0.4, 0.5) is 4.79 Å². The summed E-state index contributed by atoms with van der Waals surface area (Å²) >= 11 is 0. The molecule has 0 rings (SSSR count). The van der Waals surface area contributed by atoms with Crippen LogP contribution in [0, 0.1) is 5.92 Å². The summed E-state index contributed by atoms with van der Waals surface area (Å²) in [5.74, 6) is 0.439. The molecular formula is C16H34N2O3. The Hall–Kier alpha value is -0.810. The molecule has 0 aromatic rings. The van der Waals surface area contributed by atoms with E-state index in [1.54, 1.807) is 7.11 Å². The van der Waals surface area contributed by atoms with Crippen LogP contribution in [0.5, 0.6) is 0 Å². The van der Waals surface area contributed by atoms with Crippen molar-refractivity contribution < 1.29 is 14.3 Å². The fraction of sp³-hybridized carbons (Fsp3) is 0.938. The van der Waals surface area contributed by atoms with Crippen LogP contribution in [0.25, 0.3) is 0 Å². The van der Waals surface area contributed by atoms with E-state index in [-0.39, 0.29) is 11.6 Å². The van der Waals surface area contributed by atoms with Crippen molar-refractivity contribution in [2.45, 2.75) is 65.5 Å². The molecule has 0 heterocycles. The highest BCUT2D eigenvalue weighted by atomic mass is 16.6. The summed E-state index contributed by atoms with van der Waals surface area (Å²) in [7, 11) is 1.72. The highest BCUT2D eigenvalue weighted by Gasteiger charge is 2.27. The highest BCUT2D eigenvalue weighted by molar-refractivity contribution is 5.67. The minimum atomic E-state index is -0.467. The van der Waals surface area contributed by atoms with E-state index in [2.05, 4.69) is 31.4 Å². The first-order valence-electron chi connectivity index (χ1n) is 7.89. The molecule has 0 fully saturated rings. The summed E-state index contributed by atoms with van der Waals surface area (Å²) in [5.41, 5.74) is -0.565. The van der Waals surface area contributed by atoms with E-state index in [4.69, 9.17) is 9.47 Å². The molecule has 0 aromatic carbocycles. The van der Waals surface area contributed by atoms with Crippen molar-refractivity contribution in [3.05, 3.63) is 0 Å². The fourth-order valence-electron chi connectivity index (χ4n) is 2.10. The third-order valence-corrected chi connectivity index (χ3v) is 3.60. The number of carbonyl (C=O) groups excluding carboxylic acids is 1. The molecule has 5 nitrogen and oxygen atoms in total. The number of rotatable bonds is 9. The predicted molar refractivity (Wildman–Crippen MR) is 86.6 cm³/mol. The summed E-state index contributed by atoms with van der Waals surface area (Å²) in [6, 6.07) is 0. The number of alkyl carbamates (subject to hydrolysis) is 1. The Bertz CT molecular complexity index is 296. The third-order valence-electron chi connectivity index (χ3n) is 3.60. The molecule has 5 heteroatoms. The molecule has 0 saturated carbocycles. The summed E-state index contributed by atoms with van der Waals surface area (Å²) in [6.45, 7) is 14.2. The maximum absolute atomic E-state index is 11.8. The van der Waals surface area contributed by atoms with Crippen LogP contribution in [0.1, 0.15) is 54.4 Å². The molecule has 0 bridgehead atoms. The standard InChI is InChI=1S/C16H34N2O3/c1-8-16(9-2,18-10-13(3)11-20-7)12-17-14(19)21-15(4,5)6/h13,18H,8-12H2,1-7H3,(H,17,19). The van der Waals surface area contributed by atoms with Gasteiger partial charge < -0.3 is 20.1 Å². The average molecular weight is 302 g/mol. The van der Waals surface area contributed by atoms with Gasteiger partial charge in [-0.1, -0.05) is 20.8 Å². The number of carbonyl (C=O) groups is 1. The smallest absolute Gasteiger partial charge is 0.407 e. The van der Waals surface area contributed by atoms with E-state index in [1.807, 2.05) is 20.8 Å². The molecule has 0 aliphatic rings. The Morgan fingerprint density at radius 2 is 1.76 bits per heavy atom. The SMILES string of the molecule is CCC(CC)(CNC(=O)OC(C)(C)C)NCC(C)COC. The predicted octanol–water partition coefficient (Wildman–Crippen LogP) is 2.94. The van der Waals surface area contributed by atoms with E-state index in [0.29, 0.717) is 12.5 Å². The lowest BCUT2D eigenvalue weighted by Gasteiger charge is -2.34. The molecule has 21 heavy (non-hydrogen) atoms. The lowest BCUT2D eigenvalue weighted by Crippen LogP contribution is -2.54. The molecule has 1 unspecified atom stereocenters. The number of hydrogen-bond donors (Lipinski definition) is 2. The van der Waals surface area contributed by atoms with Gasteiger partial charge in [0.2, 0.25) is 0 Å². The number of amides is 1. The van der Waals surface area contributed by atoms with E-state index in [1.165, 1.54) is 0 Å². The van der Waals surface area contributed by atoms with Gasteiger partial charge in [-0.2, -0.15) is 0 Å². The lowest BCUT2D eigenvalue weighted by molar-refractivity contribution is 0.0505. The topological polar surface area (TPSA) is 59.6 Å². The minimum absolute atomic E-state index is 0.0983. The Morgan fingerprint density at radius 3 is 2.19 bits per heavy atom. The van der Waals surface area contributed by atoms with Crippen LogP contribution in [-0.2, 0) is 9.47 Å². The average Bonchev–Trinajstić information content (AvgIpc) is 2.38. The number of ether oxygens (including phenoxy) is 2. The van der Waals surface area contributed by atoms with Crippen molar-refractivity contribution in [1.82, 2.24) is 10.6 Å². The summed E-state index contributed by atoms with van der Waals surface area (Å²) in [6.07, 6.45) is 1.53. The summed E-state index contributed by atoms with van der Waals surface area (Å²) in [5, 5.41) is 6.47. The van der Waals surface area contributed by atoms with Crippen LogP contribution in [0.15, 0.2) is 0 Å². The molecule has 126 valence electrons. The monoisotopic (exact) mass is 302 g/mol. The second-order valence-electron chi connectivity index (χ2n) is 6.78. The largest absolute Gasteiger partial charge is 0.444 e. The van der Waals surface area contributed by atoms with Gasteiger partial charge in [0.05, 0.1) is 0 Å². The maximum Gasteiger partial charge on any atom is 0.407 e. The Balaban J connectivity index is 4.42. The van der Waals surface area contributed by atoms with Crippen molar-refractivity contribution in [3.63, 3.8) is 0 Å². The quantitative estimate of drug-likeness (QED) is 0.687. The summed E-state index contributed by atoms with van der Waals surface area (Å²) in [4.78, 5) is 11.8. The van der Waals surface area contributed by atoms with Gasteiger partial charge in [0.1, 0.15) is 5.60 Å². The van der Waals surface area contributed by atoms with E-state index in [0.717, 1.165) is 26.0 Å². The first-order chi connectivity index (χ1) is 9.68.